The van der Waals surface area contributed by atoms with Crippen LogP contribution >= 0.6 is 0 Å². The standard InChI is InChI=1S/C26H35N5O/c1-19-22-12-8-15-30(18-21-11-4-6-14-27-21)26(22)29-25(28-19)23-13-5-7-16-31(23)24(32)17-20-9-2-3-10-20/h4,6,11,14,20,23H,2-3,5,7-10,12-13,15-18H2,1H3/t23-/m0/s1. The van der Waals surface area contributed by atoms with Gasteiger partial charge in [-0.05, 0) is 69.9 Å². The zero-order chi connectivity index (χ0) is 21.9. The molecule has 2 aromatic rings. The second-order valence-electron chi connectivity index (χ2n) is 9.77. The summed E-state index contributed by atoms with van der Waals surface area (Å²) in [5, 5.41) is 0. The van der Waals surface area contributed by atoms with Gasteiger partial charge in [0, 0.05) is 37.0 Å². The maximum Gasteiger partial charge on any atom is 0.223 e. The number of fused-ring (bicyclic) bond motifs is 1. The molecule has 1 atom stereocenters. The van der Waals surface area contributed by atoms with Crippen molar-refractivity contribution < 1.29 is 4.79 Å². The third-order valence-corrected chi connectivity index (χ3v) is 7.50. The number of anilines is 1. The Kier molecular flexibility index (Phi) is 6.37. The summed E-state index contributed by atoms with van der Waals surface area (Å²) in [5.41, 5.74) is 3.39. The van der Waals surface area contributed by atoms with Crippen molar-refractivity contribution in [3.8, 4) is 0 Å². The molecule has 6 heteroatoms. The van der Waals surface area contributed by atoms with Crippen LogP contribution in [0.25, 0.3) is 0 Å². The number of hydrogen-bond donors (Lipinski definition) is 0. The lowest BCUT2D eigenvalue weighted by Gasteiger charge is -2.37. The molecule has 0 bridgehead atoms. The molecule has 2 fully saturated rings. The smallest absolute Gasteiger partial charge is 0.223 e. The predicted molar refractivity (Wildman–Crippen MR) is 125 cm³/mol. The maximum absolute atomic E-state index is 13.3. The fourth-order valence-corrected chi connectivity index (χ4v) is 5.78. The first kappa shape index (κ1) is 21.4. The van der Waals surface area contributed by atoms with Gasteiger partial charge in [0.15, 0.2) is 5.82 Å². The Morgan fingerprint density at radius 3 is 2.69 bits per heavy atom. The minimum absolute atomic E-state index is 0.0141. The summed E-state index contributed by atoms with van der Waals surface area (Å²) < 4.78 is 0. The van der Waals surface area contributed by atoms with Gasteiger partial charge in [0.2, 0.25) is 5.91 Å². The van der Waals surface area contributed by atoms with Crippen molar-refractivity contribution in [3.63, 3.8) is 0 Å². The van der Waals surface area contributed by atoms with Crippen molar-refractivity contribution in [1.82, 2.24) is 19.9 Å². The first-order valence-corrected chi connectivity index (χ1v) is 12.5. The minimum Gasteiger partial charge on any atom is -0.350 e. The highest BCUT2D eigenvalue weighted by Crippen LogP contribution is 2.36. The summed E-state index contributed by atoms with van der Waals surface area (Å²) in [6.07, 6.45) is 12.9. The molecule has 0 aromatic carbocycles. The molecule has 3 aliphatic rings. The quantitative estimate of drug-likeness (QED) is 0.680. The van der Waals surface area contributed by atoms with Crippen molar-refractivity contribution in [3.05, 3.63) is 47.2 Å². The van der Waals surface area contributed by atoms with Gasteiger partial charge in [-0.2, -0.15) is 0 Å². The van der Waals surface area contributed by atoms with E-state index in [1.165, 1.54) is 31.2 Å². The second-order valence-corrected chi connectivity index (χ2v) is 9.77. The number of aromatic nitrogens is 3. The molecule has 0 N–H and O–H groups in total. The van der Waals surface area contributed by atoms with Crippen molar-refractivity contribution >= 4 is 11.7 Å². The van der Waals surface area contributed by atoms with E-state index < -0.39 is 0 Å². The van der Waals surface area contributed by atoms with Gasteiger partial charge in [-0.25, -0.2) is 9.97 Å². The van der Waals surface area contributed by atoms with Gasteiger partial charge in [0.05, 0.1) is 18.3 Å². The highest BCUT2D eigenvalue weighted by atomic mass is 16.2. The van der Waals surface area contributed by atoms with Crippen LogP contribution in [0.15, 0.2) is 24.4 Å². The van der Waals surface area contributed by atoms with Gasteiger partial charge >= 0.3 is 0 Å². The zero-order valence-electron chi connectivity index (χ0n) is 19.3. The zero-order valence-corrected chi connectivity index (χ0v) is 19.3. The SMILES string of the molecule is Cc1nc([C@@H]2CCCCN2C(=O)CC2CCCC2)nc2c1CCCN2Cc1ccccn1. The largest absolute Gasteiger partial charge is 0.350 e. The maximum atomic E-state index is 13.3. The lowest BCUT2D eigenvalue weighted by molar-refractivity contribution is -0.136. The average Bonchev–Trinajstić information content (AvgIpc) is 3.33. The molecule has 1 amide bonds. The Balaban J connectivity index is 1.41. The topological polar surface area (TPSA) is 62.2 Å². The van der Waals surface area contributed by atoms with Crippen LogP contribution in [0.5, 0.6) is 0 Å². The molecule has 6 nitrogen and oxygen atoms in total. The molecule has 1 aliphatic carbocycles. The number of nitrogens with zero attached hydrogens (tertiary/aromatic N) is 5. The van der Waals surface area contributed by atoms with E-state index in [0.29, 0.717) is 18.2 Å². The van der Waals surface area contributed by atoms with Crippen LogP contribution in [0.4, 0.5) is 5.82 Å². The summed E-state index contributed by atoms with van der Waals surface area (Å²) in [4.78, 5) is 32.4. The molecule has 32 heavy (non-hydrogen) atoms. The van der Waals surface area contributed by atoms with Crippen molar-refractivity contribution in [2.45, 2.75) is 83.7 Å². The fourth-order valence-electron chi connectivity index (χ4n) is 5.78. The monoisotopic (exact) mass is 433 g/mol. The van der Waals surface area contributed by atoms with Crippen LogP contribution in [-0.4, -0.2) is 38.8 Å². The minimum atomic E-state index is 0.0141. The van der Waals surface area contributed by atoms with Gasteiger partial charge in [0.25, 0.3) is 0 Å². The van der Waals surface area contributed by atoms with Crippen LogP contribution in [-0.2, 0) is 17.8 Å². The van der Waals surface area contributed by atoms with Gasteiger partial charge in [0.1, 0.15) is 5.82 Å². The van der Waals surface area contributed by atoms with Crippen LogP contribution in [0.2, 0.25) is 0 Å². The number of aryl methyl sites for hydroxylation is 1. The average molecular weight is 434 g/mol. The van der Waals surface area contributed by atoms with E-state index in [4.69, 9.17) is 9.97 Å². The Morgan fingerprint density at radius 1 is 1.03 bits per heavy atom. The molecule has 0 spiro atoms. The number of hydrogen-bond acceptors (Lipinski definition) is 5. The Hall–Kier alpha value is -2.50. The van der Waals surface area contributed by atoms with Gasteiger partial charge in [-0.3, -0.25) is 9.78 Å². The molecule has 170 valence electrons. The summed E-state index contributed by atoms with van der Waals surface area (Å²) in [6, 6.07) is 6.09. The van der Waals surface area contributed by atoms with E-state index in [-0.39, 0.29) is 6.04 Å². The van der Waals surface area contributed by atoms with Crippen LogP contribution in [0, 0.1) is 12.8 Å². The number of carbonyl (C=O) groups is 1. The van der Waals surface area contributed by atoms with Crippen LogP contribution in [0.3, 0.4) is 0 Å². The fraction of sp³-hybridized carbons (Fsp3) is 0.615. The molecule has 5 rings (SSSR count). The van der Waals surface area contributed by atoms with Gasteiger partial charge < -0.3 is 9.80 Å². The van der Waals surface area contributed by atoms with Crippen molar-refractivity contribution in [2.75, 3.05) is 18.0 Å². The third-order valence-electron chi connectivity index (χ3n) is 7.50. The van der Waals surface area contributed by atoms with E-state index in [1.54, 1.807) is 0 Å². The van der Waals surface area contributed by atoms with E-state index >= 15 is 0 Å². The van der Waals surface area contributed by atoms with Crippen molar-refractivity contribution in [1.29, 1.82) is 0 Å². The molecule has 2 aliphatic heterocycles. The first-order valence-electron chi connectivity index (χ1n) is 12.5. The highest BCUT2D eigenvalue weighted by Gasteiger charge is 2.33. The summed E-state index contributed by atoms with van der Waals surface area (Å²) in [7, 11) is 0. The van der Waals surface area contributed by atoms with Crippen LogP contribution < -0.4 is 4.90 Å². The lowest BCUT2D eigenvalue weighted by Crippen LogP contribution is -2.40. The van der Waals surface area contributed by atoms with E-state index in [0.717, 1.165) is 74.8 Å². The van der Waals surface area contributed by atoms with E-state index in [2.05, 4.69) is 27.8 Å². The molecule has 0 unspecified atom stereocenters. The Labute approximate surface area is 191 Å². The number of pyridine rings is 1. The Morgan fingerprint density at radius 2 is 1.88 bits per heavy atom. The van der Waals surface area contributed by atoms with E-state index in [1.807, 2.05) is 18.3 Å². The van der Waals surface area contributed by atoms with Gasteiger partial charge in [-0.1, -0.05) is 18.9 Å². The normalized spacial score (nSPS) is 21.6. The first-order chi connectivity index (χ1) is 15.7. The summed E-state index contributed by atoms with van der Waals surface area (Å²) in [6.45, 7) is 4.70. The third kappa shape index (κ3) is 4.50. The number of likely N-dealkylation sites (tertiary alicyclic amines) is 1. The summed E-state index contributed by atoms with van der Waals surface area (Å²) in [5.74, 6) is 2.78. The molecule has 1 saturated heterocycles. The molecule has 1 saturated carbocycles. The predicted octanol–water partition coefficient (Wildman–Crippen LogP) is 4.77. The number of piperidine rings is 1. The number of amides is 1. The van der Waals surface area contributed by atoms with Crippen LogP contribution in [0.1, 0.15) is 86.6 Å². The molecule has 0 radical (unpaired) electrons. The lowest BCUT2D eigenvalue weighted by atomic mass is 9.97. The van der Waals surface area contributed by atoms with Gasteiger partial charge in [-0.15, -0.1) is 0 Å². The number of rotatable bonds is 5. The second kappa shape index (κ2) is 9.55. The molecular formula is C26H35N5O. The highest BCUT2D eigenvalue weighted by molar-refractivity contribution is 5.77. The van der Waals surface area contributed by atoms with E-state index in [9.17, 15) is 4.79 Å². The number of carbonyl (C=O) groups excluding carboxylic acids is 1. The molecule has 4 heterocycles. The van der Waals surface area contributed by atoms with Crippen molar-refractivity contribution in [2.24, 2.45) is 5.92 Å². The molecule has 2 aromatic heterocycles. The molecular weight excluding hydrogens is 398 g/mol. The summed E-state index contributed by atoms with van der Waals surface area (Å²) >= 11 is 0. The Bertz CT molecular complexity index is 941.